The van der Waals surface area contributed by atoms with Crippen LogP contribution in [0.3, 0.4) is 0 Å². The normalized spacial score (nSPS) is 12.8. The number of rotatable bonds is 7. The molecule has 34 heavy (non-hydrogen) atoms. The lowest BCUT2D eigenvalue weighted by molar-refractivity contribution is 0.0951. The lowest BCUT2D eigenvalue weighted by Crippen LogP contribution is -2.26. The lowest BCUT2D eigenvalue weighted by Gasteiger charge is -2.22. The zero-order valence-electron chi connectivity index (χ0n) is 18.9. The predicted molar refractivity (Wildman–Crippen MR) is 131 cm³/mol. The van der Waals surface area contributed by atoms with Crippen LogP contribution in [0.5, 0.6) is 5.75 Å². The third-order valence-electron chi connectivity index (χ3n) is 5.66. The topological polar surface area (TPSA) is 82.7 Å². The molecule has 0 unspecified atom stereocenters. The Morgan fingerprint density at radius 3 is 2.47 bits per heavy atom. The molecule has 0 bridgehead atoms. The molecule has 1 aliphatic heterocycles. The fraction of sp³-hybridized carbons (Fsp3) is 0.231. The second kappa shape index (κ2) is 10.7. The van der Waals surface area contributed by atoms with Gasteiger partial charge in [0.2, 0.25) is 0 Å². The largest absolute Gasteiger partial charge is 0.497 e. The monoisotopic (exact) mass is 462 g/mol. The molecule has 0 radical (unpaired) electrons. The fourth-order valence-corrected chi connectivity index (χ4v) is 3.92. The van der Waals surface area contributed by atoms with Crippen molar-refractivity contribution in [2.24, 2.45) is 0 Å². The Morgan fingerprint density at radius 2 is 1.71 bits per heavy atom. The van der Waals surface area contributed by atoms with Crippen molar-refractivity contribution in [3.63, 3.8) is 0 Å². The van der Waals surface area contributed by atoms with Crippen LogP contribution in [-0.4, -0.2) is 32.1 Å². The van der Waals surface area contributed by atoms with Gasteiger partial charge in [-0.15, -0.1) is 0 Å². The van der Waals surface area contributed by atoms with Gasteiger partial charge in [0.15, 0.2) is 0 Å². The number of carbonyl (C=O) groups excluding carboxylic acids is 2. The Morgan fingerprint density at radius 1 is 0.941 bits per heavy atom. The van der Waals surface area contributed by atoms with Gasteiger partial charge in [-0.05, 0) is 60.9 Å². The minimum atomic E-state index is -0.584. The summed E-state index contributed by atoms with van der Waals surface area (Å²) in [6.07, 6.45) is 2.12. The van der Waals surface area contributed by atoms with E-state index in [-0.39, 0.29) is 11.6 Å². The average molecular weight is 463 g/mol. The number of methoxy groups -OCH3 is 1. The first-order valence-corrected chi connectivity index (χ1v) is 11.2. The Hall–Kier alpha value is -4.07. The summed E-state index contributed by atoms with van der Waals surface area (Å²) >= 11 is 0. The molecule has 1 aliphatic rings. The van der Waals surface area contributed by atoms with Crippen molar-refractivity contribution in [2.75, 3.05) is 35.7 Å². The van der Waals surface area contributed by atoms with E-state index in [1.54, 1.807) is 31.4 Å². The lowest BCUT2D eigenvalue weighted by atomic mass is 10.1. The van der Waals surface area contributed by atoms with Crippen LogP contribution in [0.1, 0.15) is 28.8 Å². The van der Waals surface area contributed by atoms with Crippen molar-refractivity contribution in [3.8, 4) is 5.75 Å². The summed E-state index contributed by atoms with van der Waals surface area (Å²) in [5, 5.41) is 8.22. The van der Waals surface area contributed by atoms with Crippen LogP contribution < -0.4 is 25.6 Å². The molecule has 176 valence electrons. The number of ether oxygens (including phenoxy) is 1. The highest BCUT2D eigenvalue weighted by atomic mass is 19.1. The highest BCUT2D eigenvalue weighted by Gasteiger charge is 2.19. The van der Waals surface area contributed by atoms with Gasteiger partial charge in [0.1, 0.15) is 11.6 Å². The summed E-state index contributed by atoms with van der Waals surface area (Å²) in [4.78, 5) is 27.6. The second-order valence-electron chi connectivity index (χ2n) is 8.02. The first-order chi connectivity index (χ1) is 16.5. The van der Waals surface area contributed by atoms with Crippen molar-refractivity contribution >= 4 is 29.0 Å². The minimum absolute atomic E-state index is 0.0786. The quantitative estimate of drug-likeness (QED) is 0.461. The maximum Gasteiger partial charge on any atom is 0.323 e. The molecule has 3 amide bonds. The zero-order chi connectivity index (χ0) is 23.9. The molecule has 0 aromatic heterocycles. The first kappa shape index (κ1) is 23.1. The Kier molecular flexibility index (Phi) is 7.27. The van der Waals surface area contributed by atoms with E-state index in [1.807, 2.05) is 30.3 Å². The molecule has 3 aromatic carbocycles. The van der Waals surface area contributed by atoms with Gasteiger partial charge in [0, 0.05) is 25.2 Å². The molecule has 1 heterocycles. The number of hydrogen-bond acceptors (Lipinski definition) is 4. The highest BCUT2D eigenvalue weighted by molar-refractivity contribution is 6.04. The Bertz CT molecular complexity index is 1180. The van der Waals surface area contributed by atoms with Gasteiger partial charge in [-0.25, -0.2) is 9.18 Å². The van der Waals surface area contributed by atoms with Crippen molar-refractivity contribution in [1.29, 1.82) is 0 Å². The number of hydrogen-bond donors (Lipinski definition) is 3. The molecule has 8 heteroatoms. The van der Waals surface area contributed by atoms with E-state index in [4.69, 9.17) is 4.74 Å². The van der Waals surface area contributed by atoms with Crippen molar-refractivity contribution in [2.45, 2.75) is 19.4 Å². The van der Waals surface area contributed by atoms with E-state index in [2.05, 4.69) is 20.9 Å². The summed E-state index contributed by atoms with van der Waals surface area (Å²) in [6, 6.07) is 18.1. The van der Waals surface area contributed by atoms with Crippen LogP contribution >= 0.6 is 0 Å². The number of nitrogens with one attached hydrogen (secondary N) is 3. The van der Waals surface area contributed by atoms with Crippen LogP contribution in [0.4, 0.5) is 26.2 Å². The number of halogens is 1. The first-order valence-electron chi connectivity index (χ1n) is 11.2. The molecule has 0 atom stereocenters. The van der Waals surface area contributed by atoms with Gasteiger partial charge in [-0.1, -0.05) is 24.3 Å². The molecule has 1 saturated heterocycles. The predicted octanol–water partition coefficient (Wildman–Crippen LogP) is 5.01. The Labute approximate surface area is 197 Å². The van der Waals surface area contributed by atoms with Crippen LogP contribution in [0.15, 0.2) is 66.7 Å². The van der Waals surface area contributed by atoms with Gasteiger partial charge < -0.3 is 25.6 Å². The molecule has 0 aliphatic carbocycles. The smallest absolute Gasteiger partial charge is 0.323 e. The average Bonchev–Trinajstić information content (AvgIpc) is 3.39. The number of anilines is 3. The summed E-state index contributed by atoms with van der Waals surface area (Å²) in [5.74, 6) is -0.0782. The van der Waals surface area contributed by atoms with Crippen LogP contribution in [-0.2, 0) is 6.54 Å². The molecular weight excluding hydrogens is 435 g/mol. The van der Waals surface area contributed by atoms with Gasteiger partial charge in [0.05, 0.1) is 24.2 Å². The van der Waals surface area contributed by atoms with Gasteiger partial charge in [-0.2, -0.15) is 0 Å². The molecule has 0 saturated carbocycles. The van der Waals surface area contributed by atoms with E-state index < -0.39 is 11.8 Å². The third kappa shape index (κ3) is 5.64. The minimum Gasteiger partial charge on any atom is -0.497 e. The Balaban J connectivity index is 1.51. The number of carbonyl (C=O) groups is 2. The zero-order valence-corrected chi connectivity index (χ0v) is 18.9. The van der Waals surface area contributed by atoms with Crippen molar-refractivity contribution in [1.82, 2.24) is 5.32 Å². The second-order valence-corrected chi connectivity index (χ2v) is 8.02. The summed E-state index contributed by atoms with van der Waals surface area (Å²) in [5.41, 5.74) is 2.71. The van der Waals surface area contributed by atoms with E-state index in [9.17, 15) is 14.0 Å². The highest BCUT2D eigenvalue weighted by Crippen LogP contribution is 2.30. The molecule has 4 rings (SSSR count). The number of urea groups is 1. The summed E-state index contributed by atoms with van der Waals surface area (Å²) < 4.78 is 19.2. The van der Waals surface area contributed by atoms with Gasteiger partial charge in [-0.3, -0.25) is 4.79 Å². The van der Waals surface area contributed by atoms with Crippen LogP contribution in [0.2, 0.25) is 0 Å². The van der Waals surface area contributed by atoms with E-state index >= 15 is 0 Å². The third-order valence-corrected chi connectivity index (χ3v) is 5.66. The SMILES string of the molecule is COc1cccc(CNC(=O)c2ccc(N3CCCC3)c(NC(=O)Nc3ccccc3F)c2)c1. The molecular formula is C26H27FN4O3. The molecule has 3 aromatic rings. The maximum absolute atomic E-state index is 13.9. The number of benzene rings is 3. The molecule has 3 N–H and O–H groups in total. The van der Waals surface area contributed by atoms with Gasteiger partial charge >= 0.3 is 6.03 Å². The number of amides is 3. The maximum atomic E-state index is 13.9. The van der Waals surface area contributed by atoms with E-state index in [1.165, 1.54) is 12.1 Å². The number of para-hydroxylation sites is 1. The summed E-state index contributed by atoms with van der Waals surface area (Å²) in [7, 11) is 1.59. The fourth-order valence-electron chi connectivity index (χ4n) is 3.92. The van der Waals surface area contributed by atoms with E-state index in [0.717, 1.165) is 37.2 Å². The van der Waals surface area contributed by atoms with Crippen LogP contribution in [0.25, 0.3) is 0 Å². The van der Waals surface area contributed by atoms with Crippen LogP contribution in [0, 0.1) is 5.82 Å². The molecule has 7 nitrogen and oxygen atoms in total. The van der Waals surface area contributed by atoms with E-state index in [0.29, 0.717) is 23.5 Å². The van der Waals surface area contributed by atoms with Crippen molar-refractivity contribution in [3.05, 3.63) is 83.7 Å². The number of nitrogens with zero attached hydrogens (tertiary/aromatic N) is 1. The standard InChI is InChI=1S/C26H27FN4O3/c1-34-20-8-6-7-18(15-20)17-28-25(32)19-11-12-24(31-13-4-5-14-31)23(16-19)30-26(33)29-22-10-3-2-9-21(22)27/h2-3,6-12,15-16H,4-5,13-14,17H2,1H3,(H,28,32)(H2,29,30,33). The van der Waals surface area contributed by atoms with Gasteiger partial charge in [0.25, 0.3) is 5.91 Å². The molecule has 0 spiro atoms. The van der Waals surface area contributed by atoms with Crippen molar-refractivity contribution < 1.29 is 18.7 Å². The molecule has 1 fully saturated rings. The summed E-state index contributed by atoms with van der Waals surface area (Å²) in [6.45, 7) is 2.07.